The van der Waals surface area contributed by atoms with Crippen LogP contribution in [0.4, 0.5) is 0 Å². The van der Waals surface area contributed by atoms with Gasteiger partial charge in [-0.25, -0.2) is 9.97 Å². The van der Waals surface area contributed by atoms with Crippen LogP contribution in [0, 0.1) is 5.92 Å². The molecule has 0 bridgehead atoms. The maximum atomic E-state index is 4.82. The van der Waals surface area contributed by atoms with Crippen molar-refractivity contribution in [3.05, 3.63) is 36.0 Å². The SMILES string of the molecule is CC(C)Cc1nc(CN2CC[C@H](N(C)C)C2)n(-c2ccccn2)n1. The van der Waals surface area contributed by atoms with E-state index in [-0.39, 0.29) is 0 Å². The van der Waals surface area contributed by atoms with E-state index in [2.05, 4.69) is 42.7 Å². The molecular formula is C18H28N6. The second kappa shape index (κ2) is 7.40. The van der Waals surface area contributed by atoms with E-state index in [0.29, 0.717) is 12.0 Å². The molecule has 0 spiro atoms. The Bertz CT molecular complexity index is 649. The summed E-state index contributed by atoms with van der Waals surface area (Å²) >= 11 is 0. The molecule has 6 heteroatoms. The molecule has 0 unspecified atom stereocenters. The Morgan fingerprint density at radius 2 is 2.12 bits per heavy atom. The maximum Gasteiger partial charge on any atom is 0.155 e. The van der Waals surface area contributed by atoms with Gasteiger partial charge in [0.05, 0.1) is 6.54 Å². The Kier molecular flexibility index (Phi) is 5.26. The highest BCUT2D eigenvalue weighted by atomic mass is 15.4. The largest absolute Gasteiger partial charge is 0.305 e. The first-order valence-electron chi connectivity index (χ1n) is 8.78. The number of likely N-dealkylation sites (tertiary alicyclic amines) is 1. The molecular weight excluding hydrogens is 300 g/mol. The molecule has 1 atom stereocenters. The third kappa shape index (κ3) is 3.99. The number of hydrogen-bond donors (Lipinski definition) is 0. The highest BCUT2D eigenvalue weighted by Gasteiger charge is 2.26. The van der Waals surface area contributed by atoms with Gasteiger partial charge < -0.3 is 4.90 Å². The molecule has 3 heterocycles. The van der Waals surface area contributed by atoms with Crippen molar-refractivity contribution < 1.29 is 0 Å². The first-order valence-corrected chi connectivity index (χ1v) is 8.78. The standard InChI is InChI=1S/C18H28N6/c1-14(2)11-16-20-18(13-23-10-8-15(12-23)22(3)4)24(21-16)17-7-5-6-9-19-17/h5-7,9,14-15H,8,10-13H2,1-4H3/t15-/m0/s1. The van der Waals surface area contributed by atoms with Crippen LogP contribution in [-0.4, -0.2) is 62.8 Å². The minimum absolute atomic E-state index is 0.544. The van der Waals surface area contributed by atoms with Gasteiger partial charge in [-0.15, -0.1) is 5.10 Å². The van der Waals surface area contributed by atoms with Gasteiger partial charge in [0.1, 0.15) is 5.82 Å². The predicted octanol–water partition coefficient (Wildman–Crippen LogP) is 2.00. The predicted molar refractivity (Wildman–Crippen MR) is 95.1 cm³/mol. The van der Waals surface area contributed by atoms with Crippen molar-refractivity contribution in [2.45, 2.75) is 39.3 Å². The van der Waals surface area contributed by atoms with Gasteiger partial charge in [0, 0.05) is 31.7 Å². The molecule has 130 valence electrons. The van der Waals surface area contributed by atoms with Crippen LogP contribution in [0.3, 0.4) is 0 Å². The van der Waals surface area contributed by atoms with Crippen LogP contribution in [0.15, 0.2) is 24.4 Å². The van der Waals surface area contributed by atoms with Crippen LogP contribution in [0.5, 0.6) is 0 Å². The Morgan fingerprint density at radius 1 is 1.29 bits per heavy atom. The zero-order valence-electron chi connectivity index (χ0n) is 15.2. The average molecular weight is 328 g/mol. The molecule has 0 radical (unpaired) electrons. The molecule has 1 aliphatic heterocycles. The minimum Gasteiger partial charge on any atom is -0.305 e. The van der Waals surface area contributed by atoms with E-state index in [1.165, 1.54) is 6.42 Å². The second-order valence-electron chi connectivity index (χ2n) is 7.28. The van der Waals surface area contributed by atoms with Crippen molar-refractivity contribution in [3.8, 4) is 5.82 Å². The quantitative estimate of drug-likeness (QED) is 0.812. The molecule has 2 aromatic heterocycles. The van der Waals surface area contributed by atoms with Gasteiger partial charge in [-0.1, -0.05) is 19.9 Å². The van der Waals surface area contributed by atoms with Gasteiger partial charge in [-0.2, -0.15) is 4.68 Å². The van der Waals surface area contributed by atoms with Crippen molar-refractivity contribution in [3.63, 3.8) is 0 Å². The summed E-state index contributed by atoms with van der Waals surface area (Å²) in [7, 11) is 4.32. The molecule has 0 N–H and O–H groups in total. The molecule has 1 aliphatic rings. The van der Waals surface area contributed by atoms with Crippen molar-refractivity contribution in [2.75, 3.05) is 27.2 Å². The molecule has 1 fully saturated rings. The summed E-state index contributed by atoms with van der Waals surface area (Å²) in [5.74, 6) is 3.29. The summed E-state index contributed by atoms with van der Waals surface area (Å²) in [5, 5.41) is 4.72. The first-order chi connectivity index (χ1) is 11.5. The zero-order chi connectivity index (χ0) is 17.1. The van der Waals surface area contributed by atoms with Gasteiger partial charge in [0.25, 0.3) is 0 Å². The monoisotopic (exact) mass is 328 g/mol. The van der Waals surface area contributed by atoms with Gasteiger partial charge in [-0.3, -0.25) is 4.90 Å². The van der Waals surface area contributed by atoms with Crippen molar-refractivity contribution >= 4 is 0 Å². The summed E-state index contributed by atoms with van der Waals surface area (Å²) in [5.41, 5.74) is 0. The van der Waals surface area contributed by atoms with E-state index in [0.717, 1.165) is 43.5 Å². The molecule has 6 nitrogen and oxygen atoms in total. The number of hydrogen-bond acceptors (Lipinski definition) is 5. The molecule has 2 aromatic rings. The molecule has 0 amide bonds. The molecule has 0 aromatic carbocycles. The molecule has 3 rings (SSSR count). The third-order valence-electron chi connectivity index (χ3n) is 4.52. The van der Waals surface area contributed by atoms with E-state index in [1.807, 2.05) is 22.9 Å². The van der Waals surface area contributed by atoms with Crippen LogP contribution in [0.25, 0.3) is 5.82 Å². The molecule has 24 heavy (non-hydrogen) atoms. The lowest BCUT2D eigenvalue weighted by Crippen LogP contribution is -2.31. The Morgan fingerprint density at radius 3 is 2.75 bits per heavy atom. The van der Waals surface area contributed by atoms with Crippen LogP contribution in [-0.2, 0) is 13.0 Å². The topological polar surface area (TPSA) is 50.1 Å². The highest BCUT2D eigenvalue weighted by Crippen LogP contribution is 2.17. The van der Waals surface area contributed by atoms with Gasteiger partial charge in [-0.05, 0) is 38.6 Å². The summed E-state index contributed by atoms with van der Waals surface area (Å²) in [4.78, 5) is 14.0. The third-order valence-corrected chi connectivity index (χ3v) is 4.52. The van der Waals surface area contributed by atoms with E-state index >= 15 is 0 Å². The van der Waals surface area contributed by atoms with Crippen molar-refractivity contribution in [2.24, 2.45) is 5.92 Å². The van der Waals surface area contributed by atoms with Crippen LogP contribution >= 0.6 is 0 Å². The number of aromatic nitrogens is 4. The normalized spacial score (nSPS) is 18.8. The lowest BCUT2D eigenvalue weighted by molar-refractivity contribution is 0.260. The zero-order valence-corrected chi connectivity index (χ0v) is 15.2. The summed E-state index contributed by atoms with van der Waals surface area (Å²) < 4.78 is 1.92. The number of rotatable bonds is 6. The lowest BCUT2D eigenvalue weighted by atomic mass is 10.1. The fraction of sp³-hybridized carbons (Fsp3) is 0.611. The molecule has 0 saturated carbocycles. The maximum absolute atomic E-state index is 4.82. The van der Waals surface area contributed by atoms with Gasteiger partial charge in [0.15, 0.2) is 11.6 Å². The van der Waals surface area contributed by atoms with Crippen LogP contribution in [0.1, 0.15) is 31.9 Å². The van der Waals surface area contributed by atoms with Crippen LogP contribution in [0.2, 0.25) is 0 Å². The van der Waals surface area contributed by atoms with Crippen molar-refractivity contribution in [1.29, 1.82) is 0 Å². The van der Waals surface area contributed by atoms with E-state index in [1.54, 1.807) is 6.20 Å². The summed E-state index contributed by atoms with van der Waals surface area (Å²) in [6.45, 7) is 7.41. The van der Waals surface area contributed by atoms with Gasteiger partial charge in [0.2, 0.25) is 0 Å². The second-order valence-corrected chi connectivity index (χ2v) is 7.28. The Hall–Kier alpha value is -1.79. The highest BCUT2D eigenvalue weighted by molar-refractivity contribution is 5.22. The first kappa shape index (κ1) is 17.0. The lowest BCUT2D eigenvalue weighted by Gasteiger charge is -2.20. The Balaban J connectivity index is 1.82. The van der Waals surface area contributed by atoms with Gasteiger partial charge >= 0.3 is 0 Å². The number of likely N-dealkylation sites (N-methyl/N-ethyl adjacent to an activating group) is 1. The number of nitrogens with zero attached hydrogens (tertiary/aromatic N) is 6. The summed E-state index contributed by atoms with van der Waals surface area (Å²) in [6.07, 6.45) is 3.91. The molecule has 1 saturated heterocycles. The minimum atomic E-state index is 0.544. The smallest absolute Gasteiger partial charge is 0.155 e. The average Bonchev–Trinajstić information content (AvgIpc) is 3.15. The van der Waals surface area contributed by atoms with E-state index < -0.39 is 0 Å². The van der Waals surface area contributed by atoms with E-state index in [9.17, 15) is 0 Å². The number of pyridine rings is 1. The molecule has 0 aliphatic carbocycles. The fourth-order valence-corrected chi connectivity index (χ4v) is 3.19. The summed E-state index contributed by atoms with van der Waals surface area (Å²) in [6, 6.07) is 6.54. The van der Waals surface area contributed by atoms with Crippen LogP contribution < -0.4 is 0 Å². The van der Waals surface area contributed by atoms with Crippen molar-refractivity contribution in [1.82, 2.24) is 29.5 Å². The van der Waals surface area contributed by atoms with E-state index in [4.69, 9.17) is 10.1 Å². The fourth-order valence-electron chi connectivity index (χ4n) is 3.19. The Labute approximate surface area is 144 Å².